The highest BCUT2D eigenvalue weighted by Gasteiger charge is 2.22. The number of nitrogens with one attached hydrogen (secondary N) is 1. The third-order valence-corrected chi connectivity index (χ3v) is 3.65. The molecule has 0 fully saturated rings. The summed E-state index contributed by atoms with van der Waals surface area (Å²) in [6.45, 7) is 0. The van der Waals surface area contributed by atoms with Crippen LogP contribution >= 0.6 is 0 Å². The minimum atomic E-state index is -3.68. The zero-order valence-corrected chi connectivity index (χ0v) is 11.0. The first-order valence-corrected chi connectivity index (χ1v) is 7.08. The number of sulfone groups is 1. The van der Waals surface area contributed by atoms with E-state index in [1.165, 1.54) is 19.2 Å². The highest BCUT2D eigenvalue weighted by Crippen LogP contribution is 2.37. The van der Waals surface area contributed by atoms with Crippen LogP contribution in [0.5, 0.6) is 17.4 Å². The quantitative estimate of drug-likeness (QED) is 0.772. The van der Waals surface area contributed by atoms with Crippen molar-refractivity contribution < 1.29 is 23.4 Å². The number of benzene rings is 1. The SMILES string of the molecule is COc1cc(-c2cc(O)cc(O)c2S(C)(=O)=O)[nH]n1. The van der Waals surface area contributed by atoms with Crippen LogP contribution in [0.1, 0.15) is 0 Å². The number of ether oxygens (including phenoxy) is 1. The number of aromatic amines is 1. The lowest BCUT2D eigenvalue weighted by Gasteiger charge is -2.09. The molecule has 102 valence electrons. The van der Waals surface area contributed by atoms with E-state index >= 15 is 0 Å². The van der Waals surface area contributed by atoms with Crippen molar-refractivity contribution in [2.75, 3.05) is 13.4 Å². The number of phenols is 2. The van der Waals surface area contributed by atoms with Gasteiger partial charge in [0, 0.05) is 24.0 Å². The van der Waals surface area contributed by atoms with Gasteiger partial charge in [-0.1, -0.05) is 0 Å². The first-order chi connectivity index (χ1) is 8.82. The van der Waals surface area contributed by atoms with Crippen molar-refractivity contribution >= 4 is 9.84 Å². The highest BCUT2D eigenvalue weighted by molar-refractivity contribution is 7.91. The topological polar surface area (TPSA) is 113 Å². The molecule has 0 aliphatic carbocycles. The van der Waals surface area contributed by atoms with Crippen molar-refractivity contribution in [2.24, 2.45) is 0 Å². The smallest absolute Gasteiger partial charge is 0.232 e. The molecule has 0 bridgehead atoms. The number of phenolic OH excluding ortho intramolecular Hbond substituents is 2. The fourth-order valence-corrected chi connectivity index (χ4v) is 2.74. The lowest BCUT2D eigenvalue weighted by atomic mass is 10.1. The van der Waals surface area contributed by atoms with Gasteiger partial charge in [-0.3, -0.25) is 5.10 Å². The van der Waals surface area contributed by atoms with Gasteiger partial charge in [0.1, 0.15) is 16.4 Å². The molecule has 0 aliphatic rings. The molecule has 0 atom stereocenters. The van der Waals surface area contributed by atoms with Crippen LogP contribution in [-0.4, -0.2) is 42.2 Å². The normalized spacial score (nSPS) is 11.5. The Morgan fingerprint density at radius 1 is 1.26 bits per heavy atom. The van der Waals surface area contributed by atoms with E-state index in [-0.39, 0.29) is 22.1 Å². The monoisotopic (exact) mass is 284 g/mol. The summed E-state index contributed by atoms with van der Waals surface area (Å²) in [5.41, 5.74) is 0.430. The third-order valence-electron chi connectivity index (χ3n) is 2.48. The molecule has 0 saturated heterocycles. The van der Waals surface area contributed by atoms with Crippen molar-refractivity contribution in [1.29, 1.82) is 0 Å². The number of H-pyrrole nitrogens is 1. The van der Waals surface area contributed by atoms with Gasteiger partial charge in [0.15, 0.2) is 9.84 Å². The second kappa shape index (κ2) is 4.47. The van der Waals surface area contributed by atoms with E-state index in [1.54, 1.807) is 0 Å². The standard InChI is InChI=1S/C11H12N2O5S/c1-18-10-5-8(12-13-10)7-3-6(14)4-9(15)11(7)19(2,16)17/h3-5,14-15H,1-2H3,(H,12,13). The van der Waals surface area contributed by atoms with Gasteiger partial charge in [-0.2, -0.15) is 0 Å². The largest absolute Gasteiger partial charge is 0.508 e. The number of nitrogens with zero attached hydrogens (tertiary/aromatic N) is 1. The van der Waals surface area contributed by atoms with E-state index in [0.29, 0.717) is 5.69 Å². The molecular weight excluding hydrogens is 272 g/mol. The Hall–Kier alpha value is -2.22. The molecule has 8 heteroatoms. The maximum atomic E-state index is 11.7. The predicted octanol–water partition coefficient (Wildman–Crippen LogP) is 0.900. The van der Waals surface area contributed by atoms with Crippen molar-refractivity contribution in [2.45, 2.75) is 4.90 Å². The summed E-state index contributed by atoms with van der Waals surface area (Å²) in [5.74, 6) is -0.517. The summed E-state index contributed by atoms with van der Waals surface area (Å²) >= 11 is 0. The molecule has 7 nitrogen and oxygen atoms in total. The van der Waals surface area contributed by atoms with Crippen LogP contribution in [-0.2, 0) is 9.84 Å². The van der Waals surface area contributed by atoms with E-state index in [0.717, 1.165) is 12.3 Å². The fourth-order valence-electron chi connectivity index (χ4n) is 1.73. The summed E-state index contributed by atoms with van der Waals surface area (Å²) in [5, 5.41) is 25.6. The maximum Gasteiger partial charge on any atom is 0.232 e. The van der Waals surface area contributed by atoms with Gasteiger partial charge in [-0.05, 0) is 6.07 Å². The average molecular weight is 284 g/mol. The second-order valence-electron chi connectivity index (χ2n) is 3.94. The van der Waals surface area contributed by atoms with Crippen LogP contribution in [0.15, 0.2) is 23.1 Å². The molecule has 19 heavy (non-hydrogen) atoms. The van der Waals surface area contributed by atoms with Gasteiger partial charge >= 0.3 is 0 Å². The molecule has 0 radical (unpaired) electrons. The Balaban J connectivity index is 2.74. The summed E-state index contributed by atoms with van der Waals surface area (Å²) < 4.78 is 28.3. The van der Waals surface area contributed by atoms with E-state index in [9.17, 15) is 18.6 Å². The number of aromatic hydroxyl groups is 2. The summed E-state index contributed by atoms with van der Waals surface area (Å²) in [6, 6.07) is 3.65. The van der Waals surface area contributed by atoms with E-state index in [4.69, 9.17) is 4.74 Å². The second-order valence-corrected chi connectivity index (χ2v) is 5.89. The van der Waals surface area contributed by atoms with Gasteiger partial charge in [0.25, 0.3) is 0 Å². The lowest BCUT2D eigenvalue weighted by Crippen LogP contribution is -2.00. The van der Waals surface area contributed by atoms with E-state index in [1.807, 2.05) is 0 Å². The number of hydrogen-bond acceptors (Lipinski definition) is 6. The molecule has 0 unspecified atom stereocenters. The minimum Gasteiger partial charge on any atom is -0.508 e. The molecule has 1 aromatic carbocycles. The van der Waals surface area contributed by atoms with Crippen molar-refractivity contribution in [3.63, 3.8) is 0 Å². The fraction of sp³-hybridized carbons (Fsp3) is 0.182. The molecule has 1 heterocycles. The molecular formula is C11H12N2O5S. The molecule has 3 N–H and O–H groups in total. The summed E-state index contributed by atoms with van der Waals surface area (Å²) in [4.78, 5) is -0.281. The molecule has 0 saturated carbocycles. The Labute approximate surface area is 109 Å². The van der Waals surface area contributed by atoms with Gasteiger partial charge in [0.05, 0.1) is 12.8 Å². The van der Waals surface area contributed by atoms with E-state index < -0.39 is 15.6 Å². The highest BCUT2D eigenvalue weighted by atomic mass is 32.2. The van der Waals surface area contributed by atoms with Crippen molar-refractivity contribution in [3.05, 3.63) is 18.2 Å². The van der Waals surface area contributed by atoms with Crippen LogP contribution in [0.4, 0.5) is 0 Å². The van der Waals surface area contributed by atoms with Gasteiger partial charge < -0.3 is 14.9 Å². The number of hydrogen-bond donors (Lipinski definition) is 3. The Morgan fingerprint density at radius 3 is 2.47 bits per heavy atom. The Bertz CT molecular complexity index is 721. The Morgan fingerprint density at radius 2 is 1.95 bits per heavy atom. The van der Waals surface area contributed by atoms with Gasteiger partial charge in [-0.15, -0.1) is 5.10 Å². The number of aromatic nitrogens is 2. The summed E-state index contributed by atoms with van der Waals surface area (Å²) in [7, 11) is -2.26. The number of methoxy groups -OCH3 is 1. The van der Waals surface area contributed by atoms with Crippen LogP contribution in [0.3, 0.4) is 0 Å². The molecule has 1 aromatic heterocycles. The lowest BCUT2D eigenvalue weighted by molar-refractivity contribution is 0.397. The maximum absolute atomic E-state index is 11.7. The average Bonchev–Trinajstić information content (AvgIpc) is 2.74. The van der Waals surface area contributed by atoms with Crippen molar-refractivity contribution in [1.82, 2.24) is 10.2 Å². The van der Waals surface area contributed by atoms with Crippen LogP contribution in [0, 0.1) is 0 Å². The van der Waals surface area contributed by atoms with E-state index in [2.05, 4.69) is 10.2 Å². The molecule has 2 aromatic rings. The molecule has 0 aliphatic heterocycles. The molecule has 2 rings (SSSR count). The predicted molar refractivity (Wildman–Crippen MR) is 67.0 cm³/mol. The van der Waals surface area contributed by atoms with Crippen LogP contribution < -0.4 is 4.74 Å². The molecule has 0 amide bonds. The first-order valence-electron chi connectivity index (χ1n) is 5.18. The zero-order chi connectivity index (χ0) is 14.2. The first kappa shape index (κ1) is 13.2. The van der Waals surface area contributed by atoms with Crippen LogP contribution in [0.2, 0.25) is 0 Å². The van der Waals surface area contributed by atoms with Gasteiger partial charge in [-0.25, -0.2) is 8.42 Å². The summed E-state index contributed by atoms with van der Waals surface area (Å²) in [6.07, 6.45) is 0.968. The van der Waals surface area contributed by atoms with Crippen molar-refractivity contribution in [3.8, 4) is 28.6 Å². The third kappa shape index (κ3) is 2.48. The molecule has 0 spiro atoms. The minimum absolute atomic E-state index is 0.121. The van der Waals surface area contributed by atoms with Gasteiger partial charge in [0.2, 0.25) is 5.88 Å². The number of rotatable bonds is 3. The Kier molecular flexibility index (Phi) is 3.11. The van der Waals surface area contributed by atoms with Crippen LogP contribution in [0.25, 0.3) is 11.3 Å². The zero-order valence-electron chi connectivity index (χ0n) is 10.2.